The van der Waals surface area contributed by atoms with E-state index < -0.39 is 0 Å². The number of nitrogens with zero attached hydrogens (tertiary/aromatic N) is 3. The smallest absolute Gasteiger partial charge is 0.237 e. The normalized spacial score (nSPS) is 23.6. The highest BCUT2D eigenvalue weighted by molar-refractivity contribution is 6.28. The van der Waals surface area contributed by atoms with Crippen LogP contribution < -0.4 is 9.47 Å². The van der Waals surface area contributed by atoms with Gasteiger partial charge in [0.2, 0.25) is 17.1 Å². The molecule has 2 aromatic carbocycles. The summed E-state index contributed by atoms with van der Waals surface area (Å²) < 4.78 is 12.0. The molecule has 6 rings (SSSR count). The summed E-state index contributed by atoms with van der Waals surface area (Å²) in [4.78, 5) is 35.1. The standard InChI is InChI=1S/C32H30ClN3O4/c1-32(2,20-7-11-24(12-8-20)39-19-22-15-16-34-31(33)35-22)21-9-13-25(14-10-21)40-26-17-23(18-26)36-29(37)27-5-3-4-6-28(27)30(36)38/h3-16,23,26-28H,17-19H2,1-2H3/t23?,26?,27-,28-/m0/s1. The Morgan fingerprint density at radius 1 is 0.875 bits per heavy atom. The molecule has 1 saturated carbocycles. The molecule has 0 N–H and O–H groups in total. The van der Waals surface area contributed by atoms with Gasteiger partial charge in [0, 0.05) is 30.5 Å². The largest absolute Gasteiger partial charge is 0.490 e. The summed E-state index contributed by atoms with van der Waals surface area (Å²) in [5.74, 6) is 0.681. The number of rotatable bonds is 8. The molecule has 3 aliphatic rings. The molecule has 40 heavy (non-hydrogen) atoms. The van der Waals surface area contributed by atoms with E-state index in [2.05, 4.69) is 48.1 Å². The van der Waals surface area contributed by atoms with E-state index >= 15 is 0 Å². The molecule has 2 fully saturated rings. The number of halogens is 1. The van der Waals surface area contributed by atoms with Crippen molar-refractivity contribution in [3.63, 3.8) is 0 Å². The Kier molecular flexibility index (Phi) is 6.92. The Balaban J connectivity index is 1.03. The van der Waals surface area contributed by atoms with Crippen molar-refractivity contribution >= 4 is 23.4 Å². The molecule has 1 aromatic heterocycles. The lowest BCUT2D eigenvalue weighted by molar-refractivity contribution is -0.146. The first-order chi connectivity index (χ1) is 19.3. The number of benzene rings is 2. The van der Waals surface area contributed by atoms with Gasteiger partial charge in [0.15, 0.2) is 0 Å². The zero-order valence-corrected chi connectivity index (χ0v) is 23.1. The van der Waals surface area contributed by atoms with Crippen molar-refractivity contribution in [2.45, 2.75) is 50.9 Å². The van der Waals surface area contributed by atoms with E-state index in [1.54, 1.807) is 12.3 Å². The van der Waals surface area contributed by atoms with Gasteiger partial charge in [-0.15, -0.1) is 0 Å². The van der Waals surface area contributed by atoms with Crippen LogP contribution in [-0.2, 0) is 21.6 Å². The van der Waals surface area contributed by atoms with Crippen molar-refractivity contribution in [1.82, 2.24) is 14.9 Å². The molecule has 3 aromatic rings. The van der Waals surface area contributed by atoms with Crippen LogP contribution in [0.5, 0.6) is 11.5 Å². The summed E-state index contributed by atoms with van der Waals surface area (Å²) in [6.07, 6.45) is 10.3. The molecule has 0 bridgehead atoms. The molecule has 2 heterocycles. The monoisotopic (exact) mass is 555 g/mol. The first-order valence-electron chi connectivity index (χ1n) is 13.5. The second kappa shape index (κ2) is 10.5. The fraction of sp³-hybridized carbons (Fsp3) is 0.312. The van der Waals surface area contributed by atoms with Gasteiger partial charge in [0.25, 0.3) is 0 Å². The molecule has 7 nitrogen and oxygen atoms in total. The van der Waals surface area contributed by atoms with E-state index in [9.17, 15) is 9.59 Å². The second-order valence-corrected chi connectivity index (χ2v) is 11.4. The summed E-state index contributed by atoms with van der Waals surface area (Å²) in [5, 5.41) is 0.203. The molecule has 1 aliphatic heterocycles. The highest BCUT2D eigenvalue weighted by Gasteiger charge is 2.51. The van der Waals surface area contributed by atoms with Gasteiger partial charge in [-0.3, -0.25) is 14.5 Å². The molecule has 0 radical (unpaired) electrons. The van der Waals surface area contributed by atoms with Gasteiger partial charge in [-0.2, -0.15) is 0 Å². The number of likely N-dealkylation sites (tertiary alicyclic amines) is 1. The van der Waals surface area contributed by atoms with Gasteiger partial charge in [-0.25, -0.2) is 9.97 Å². The van der Waals surface area contributed by atoms with Crippen LogP contribution >= 0.6 is 11.6 Å². The van der Waals surface area contributed by atoms with E-state index in [0.29, 0.717) is 19.4 Å². The van der Waals surface area contributed by atoms with Crippen molar-refractivity contribution in [1.29, 1.82) is 0 Å². The molecule has 204 valence electrons. The third-order valence-electron chi connectivity index (χ3n) is 8.14. The lowest BCUT2D eigenvalue weighted by Crippen LogP contribution is -2.51. The van der Waals surface area contributed by atoms with E-state index in [4.69, 9.17) is 21.1 Å². The highest BCUT2D eigenvalue weighted by Crippen LogP contribution is 2.39. The molecule has 1 saturated heterocycles. The first kappa shape index (κ1) is 26.3. The van der Waals surface area contributed by atoms with E-state index in [-0.39, 0.29) is 46.5 Å². The molecular formula is C32H30ClN3O4. The Morgan fingerprint density at radius 3 is 2.02 bits per heavy atom. The average Bonchev–Trinajstić information content (AvgIpc) is 3.19. The predicted octanol–water partition coefficient (Wildman–Crippen LogP) is 5.67. The maximum absolute atomic E-state index is 12.8. The topological polar surface area (TPSA) is 81.6 Å². The van der Waals surface area contributed by atoms with Crippen molar-refractivity contribution < 1.29 is 19.1 Å². The van der Waals surface area contributed by atoms with Gasteiger partial charge < -0.3 is 9.47 Å². The summed E-state index contributed by atoms with van der Waals surface area (Å²) in [6.45, 7) is 4.68. The molecule has 0 unspecified atom stereocenters. The number of amides is 2. The van der Waals surface area contributed by atoms with Gasteiger partial charge in [0.05, 0.1) is 17.5 Å². The summed E-state index contributed by atoms with van der Waals surface area (Å²) in [7, 11) is 0. The van der Waals surface area contributed by atoms with Crippen LogP contribution in [0.2, 0.25) is 5.28 Å². The van der Waals surface area contributed by atoms with Crippen LogP contribution in [0.25, 0.3) is 0 Å². The average molecular weight is 556 g/mol. The molecular weight excluding hydrogens is 526 g/mol. The van der Waals surface area contributed by atoms with Crippen molar-refractivity contribution in [3.8, 4) is 11.5 Å². The summed E-state index contributed by atoms with van der Waals surface area (Å²) in [6, 6.07) is 17.9. The Bertz CT molecular complexity index is 1450. The summed E-state index contributed by atoms with van der Waals surface area (Å²) in [5.41, 5.74) is 2.81. The fourth-order valence-electron chi connectivity index (χ4n) is 5.60. The minimum atomic E-state index is -0.346. The number of carbonyl (C=O) groups is 2. The highest BCUT2D eigenvalue weighted by atomic mass is 35.5. The lowest BCUT2D eigenvalue weighted by atomic mass is 9.78. The number of carbonyl (C=O) groups excluding carboxylic acids is 2. The van der Waals surface area contributed by atoms with E-state index in [1.807, 2.05) is 48.6 Å². The third-order valence-corrected chi connectivity index (χ3v) is 8.32. The predicted molar refractivity (Wildman–Crippen MR) is 151 cm³/mol. The number of allylic oxidation sites excluding steroid dienone is 2. The fourth-order valence-corrected chi connectivity index (χ4v) is 5.76. The van der Waals surface area contributed by atoms with Crippen molar-refractivity contribution in [2.75, 3.05) is 0 Å². The van der Waals surface area contributed by atoms with Gasteiger partial charge in [0.1, 0.15) is 24.2 Å². The third kappa shape index (κ3) is 5.02. The van der Waals surface area contributed by atoms with E-state index in [0.717, 1.165) is 28.3 Å². The molecule has 2 amide bonds. The number of aromatic nitrogens is 2. The number of imide groups is 1. The minimum absolute atomic E-state index is 0.0101. The van der Waals surface area contributed by atoms with Crippen LogP contribution in [-0.4, -0.2) is 38.8 Å². The SMILES string of the molecule is CC(C)(c1ccc(OCc2ccnc(Cl)n2)cc1)c1ccc(OC2CC(N3C(=O)[C@H]4C=CC=C[C@@H]4C3=O)C2)cc1. The molecule has 8 heteroatoms. The minimum Gasteiger partial charge on any atom is -0.490 e. The first-order valence-corrected chi connectivity index (χ1v) is 13.9. The van der Waals surface area contributed by atoms with Crippen LogP contribution in [0, 0.1) is 11.8 Å². The zero-order valence-electron chi connectivity index (χ0n) is 22.4. The molecule has 2 atom stereocenters. The zero-order chi connectivity index (χ0) is 27.9. The number of hydrogen-bond donors (Lipinski definition) is 0. The number of hydrogen-bond acceptors (Lipinski definition) is 6. The van der Waals surface area contributed by atoms with Crippen LogP contribution in [0.1, 0.15) is 43.5 Å². The Hall–Kier alpha value is -3.97. The number of ether oxygens (including phenoxy) is 2. The van der Waals surface area contributed by atoms with Gasteiger partial charge >= 0.3 is 0 Å². The lowest BCUT2D eigenvalue weighted by Gasteiger charge is -2.40. The van der Waals surface area contributed by atoms with Crippen LogP contribution in [0.4, 0.5) is 0 Å². The second-order valence-electron chi connectivity index (χ2n) is 11.0. The van der Waals surface area contributed by atoms with Gasteiger partial charge in [-0.05, 0) is 53.1 Å². The van der Waals surface area contributed by atoms with Crippen LogP contribution in [0.15, 0.2) is 85.1 Å². The van der Waals surface area contributed by atoms with Crippen molar-refractivity contribution in [2.24, 2.45) is 11.8 Å². The molecule has 0 spiro atoms. The van der Waals surface area contributed by atoms with Gasteiger partial charge in [-0.1, -0.05) is 62.4 Å². The van der Waals surface area contributed by atoms with Crippen LogP contribution in [0.3, 0.4) is 0 Å². The number of fused-ring (bicyclic) bond motifs is 1. The maximum atomic E-state index is 12.8. The van der Waals surface area contributed by atoms with E-state index in [1.165, 1.54) is 4.90 Å². The van der Waals surface area contributed by atoms with Crippen molar-refractivity contribution in [3.05, 3.63) is 107 Å². The maximum Gasteiger partial charge on any atom is 0.237 e. The Labute approximate surface area is 238 Å². The Morgan fingerprint density at radius 2 is 1.45 bits per heavy atom. The summed E-state index contributed by atoms with van der Waals surface area (Å²) >= 11 is 5.85. The molecule has 2 aliphatic carbocycles. The quantitative estimate of drug-likeness (QED) is 0.263.